The number of hydrogen-bond acceptors (Lipinski definition) is 5. The SMILES string of the molecule is COCCOCc1oc(-c2ccccc2)nc1C(=O)O. The molecule has 0 saturated carbocycles. The molecule has 0 spiro atoms. The molecule has 1 aromatic carbocycles. The normalized spacial score (nSPS) is 10.7. The Kier molecular flexibility index (Phi) is 4.86. The third-order valence-corrected chi connectivity index (χ3v) is 2.59. The second-order valence-electron chi connectivity index (χ2n) is 4.01. The van der Waals surface area contributed by atoms with Gasteiger partial charge in [-0.05, 0) is 12.1 Å². The quantitative estimate of drug-likeness (QED) is 0.781. The molecular formula is C14H15NO5. The Bertz CT molecular complexity index is 564. The van der Waals surface area contributed by atoms with Crippen LogP contribution in [0.25, 0.3) is 11.5 Å². The van der Waals surface area contributed by atoms with E-state index in [0.717, 1.165) is 5.56 Å². The van der Waals surface area contributed by atoms with E-state index in [0.29, 0.717) is 13.2 Å². The minimum absolute atomic E-state index is 0.0465. The van der Waals surface area contributed by atoms with E-state index < -0.39 is 5.97 Å². The van der Waals surface area contributed by atoms with Gasteiger partial charge in [-0.25, -0.2) is 9.78 Å². The highest BCUT2D eigenvalue weighted by Crippen LogP contribution is 2.22. The van der Waals surface area contributed by atoms with Gasteiger partial charge in [0.05, 0.1) is 13.2 Å². The zero-order chi connectivity index (χ0) is 14.4. The zero-order valence-corrected chi connectivity index (χ0v) is 11.0. The van der Waals surface area contributed by atoms with E-state index in [-0.39, 0.29) is 24.0 Å². The predicted molar refractivity (Wildman–Crippen MR) is 70.4 cm³/mol. The molecule has 0 radical (unpaired) electrons. The van der Waals surface area contributed by atoms with Crippen molar-refractivity contribution in [3.05, 3.63) is 41.8 Å². The molecule has 0 bridgehead atoms. The molecule has 106 valence electrons. The van der Waals surface area contributed by atoms with Crippen molar-refractivity contribution in [3.8, 4) is 11.5 Å². The largest absolute Gasteiger partial charge is 0.476 e. The Morgan fingerprint density at radius 3 is 2.70 bits per heavy atom. The first-order valence-corrected chi connectivity index (χ1v) is 6.07. The van der Waals surface area contributed by atoms with Crippen LogP contribution < -0.4 is 0 Å². The lowest BCUT2D eigenvalue weighted by Crippen LogP contribution is -2.05. The van der Waals surface area contributed by atoms with Gasteiger partial charge in [-0.2, -0.15) is 0 Å². The maximum Gasteiger partial charge on any atom is 0.358 e. The van der Waals surface area contributed by atoms with Gasteiger partial charge in [-0.15, -0.1) is 0 Å². The number of carbonyl (C=O) groups is 1. The van der Waals surface area contributed by atoms with Crippen LogP contribution in [0.2, 0.25) is 0 Å². The highest BCUT2D eigenvalue weighted by molar-refractivity contribution is 5.87. The second kappa shape index (κ2) is 6.83. The first-order chi connectivity index (χ1) is 9.72. The molecule has 0 atom stereocenters. The van der Waals surface area contributed by atoms with Crippen molar-refractivity contribution < 1.29 is 23.8 Å². The lowest BCUT2D eigenvalue weighted by atomic mass is 10.2. The van der Waals surface area contributed by atoms with Gasteiger partial charge in [0.25, 0.3) is 0 Å². The molecule has 1 N–H and O–H groups in total. The summed E-state index contributed by atoms with van der Waals surface area (Å²) in [4.78, 5) is 15.2. The standard InChI is InChI=1S/C14H15NO5/c1-18-7-8-19-9-11-12(14(16)17)15-13(20-11)10-5-3-2-4-6-10/h2-6H,7-9H2,1H3,(H,16,17). The number of carboxylic acid groups (broad SMARTS) is 1. The number of nitrogens with zero attached hydrogens (tertiary/aromatic N) is 1. The monoisotopic (exact) mass is 277 g/mol. The van der Waals surface area contributed by atoms with Gasteiger partial charge in [-0.1, -0.05) is 18.2 Å². The zero-order valence-electron chi connectivity index (χ0n) is 11.0. The topological polar surface area (TPSA) is 81.8 Å². The maximum absolute atomic E-state index is 11.2. The van der Waals surface area contributed by atoms with Crippen LogP contribution in [0.15, 0.2) is 34.7 Å². The summed E-state index contributed by atoms with van der Waals surface area (Å²) in [6.45, 7) is 0.837. The van der Waals surface area contributed by atoms with E-state index >= 15 is 0 Å². The number of methoxy groups -OCH3 is 1. The number of rotatable bonds is 7. The first kappa shape index (κ1) is 14.2. The van der Waals surface area contributed by atoms with Crippen LogP contribution >= 0.6 is 0 Å². The van der Waals surface area contributed by atoms with E-state index in [1.807, 2.05) is 18.2 Å². The van der Waals surface area contributed by atoms with Crippen molar-refractivity contribution in [2.75, 3.05) is 20.3 Å². The molecule has 6 heteroatoms. The molecule has 1 heterocycles. The average molecular weight is 277 g/mol. The lowest BCUT2D eigenvalue weighted by molar-refractivity contribution is 0.0517. The van der Waals surface area contributed by atoms with E-state index in [1.165, 1.54) is 0 Å². The fourth-order valence-electron chi connectivity index (χ4n) is 1.63. The first-order valence-electron chi connectivity index (χ1n) is 6.07. The number of aromatic carboxylic acids is 1. The summed E-state index contributed by atoms with van der Waals surface area (Å²) in [7, 11) is 1.56. The molecular weight excluding hydrogens is 262 g/mol. The van der Waals surface area contributed by atoms with Crippen molar-refractivity contribution in [1.29, 1.82) is 0 Å². The molecule has 0 fully saturated rings. The van der Waals surface area contributed by atoms with Gasteiger partial charge in [0.15, 0.2) is 11.5 Å². The van der Waals surface area contributed by atoms with E-state index in [4.69, 9.17) is 19.0 Å². The number of aromatic nitrogens is 1. The molecule has 6 nitrogen and oxygen atoms in total. The lowest BCUT2D eigenvalue weighted by Gasteiger charge is -2.01. The summed E-state index contributed by atoms with van der Waals surface area (Å²) in [5, 5.41) is 9.13. The Balaban J connectivity index is 2.18. The van der Waals surface area contributed by atoms with Gasteiger partial charge in [0, 0.05) is 12.7 Å². The number of benzene rings is 1. The molecule has 0 aliphatic carbocycles. The summed E-state index contributed by atoms with van der Waals surface area (Å²) < 4.78 is 15.6. The van der Waals surface area contributed by atoms with Crippen LogP contribution in [-0.4, -0.2) is 36.4 Å². The van der Waals surface area contributed by atoms with Crippen LogP contribution in [-0.2, 0) is 16.1 Å². The minimum Gasteiger partial charge on any atom is -0.476 e. The van der Waals surface area contributed by atoms with Gasteiger partial charge >= 0.3 is 5.97 Å². The molecule has 20 heavy (non-hydrogen) atoms. The molecule has 0 aliphatic rings. The van der Waals surface area contributed by atoms with Crippen molar-refractivity contribution >= 4 is 5.97 Å². The van der Waals surface area contributed by atoms with Gasteiger partial charge < -0.3 is 19.0 Å². The second-order valence-corrected chi connectivity index (χ2v) is 4.01. The molecule has 0 saturated heterocycles. The number of oxazole rings is 1. The number of hydrogen-bond donors (Lipinski definition) is 1. The van der Waals surface area contributed by atoms with E-state index in [2.05, 4.69) is 4.98 Å². The van der Waals surface area contributed by atoms with Crippen molar-refractivity contribution in [3.63, 3.8) is 0 Å². The molecule has 0 amide bonds. The summed E-state index contributed by atoms with van der Waals surface area (Å²) in [6, 6.07) is 9.11. The van der Waals surface area contributed by atoms with Crippen LogP contribution in [0, 0.1) is 0 Å². The minimum atomic E-state index is -1.14. The average Bonchev–Trinajstić information content (AvgIpc) is 2.89. The van der Waals surface area contributed by atoms with Crippen LogP contribution in [0.1, 0.15) is 16.2 Å². The Labute approximate surface area is 116 Å². The van der Waals surface area contributed by atoms with Crippen LogP contribution in [0.3, 0.4) is 0 Å². The number of carboxylic acids is 1. The third-order valence-electron chi connectivity index (χ3n) is 2.59. The maximum atomic E-state index is 11.2. The van der Waals surface area contributed by atoms with Gasteiger partial charge in [0.1, 0.15) is 6.61 Å². The van der Waals surface area contributed by atoms with E-state index in [9.17, 15) is 4.79 Å². The Morgan fingerprint density at radius 1 is 1.30 bits per heavy atom. The highest BCUT2D eigenvalue weighted by atomic mass is 16.5. The highest BCUT2D eigenvalue weighted by Gasteiger charge is 2.20. The van der Waals surface area contributed by atoms with Crippen molar-refractivity contribution in [2.45, 2.75) is 6.61 Å². The number of ether oxygens (including phenoxy) is 2. The Morgan fingerprint density at radius 2 is 2.05 bits per heavy atom. The smallest absolute Gasteiger partial charge is 0.358 e. The van der Waals surface area contributed by atoms with Crippen LogP contribution in [0.4, 0.5) is 0 Å². The summed E-state index contributed by atoms with van der Waals surface area (Å²) >= 11 is 0. The molecule has 2 aromatic rings. The molecule has 1 aromatic heterocycles. The van der Waals surface area contributed by atoms with Crippen LogP contribution in [0.5, 0.6) is 0 Å². The van der Waals surface area contributed by atoms with E-state index in [1.54, 1.807) is 19.2 Å². The van der Waals surface area contributed by atoms with Crippen molar-refractivity contribution in [1.82, 2.24) is 4.98 Å². The fourth-order valence-corrected chi connectivity index (χ4v) is 1.63. The van der Waals surface area contributed by atoms with Crippen molar-refractivity contribution in [2.24, 2.45) is 0 Å². The summed E-state index contributed by atoms with van der Waals surface area (Å²) in [5.74, 6) is -0.665. The summed E-state index contributed by atoms with van der Waals surface area (Å²) in [5.41, 5.74) is 0.597. The third kappa shape index (κ3) is 3.43. The summed E-state index contributed by atoms with van der Waals surface area (Å²) in [6.07, 6.45) is 0. The molecule has 0 aliphatic heterocycles. The molecule has 0 unspecified atom stereocenters. The van der Waals surface area contributed by atoms with Gasteiger partial charge in [-0.3, -0.25) is 0 Å². The van der Waals surface area contributed by atoms with Gasteiger partial charge in [0.2, 0.25) is 5.89 Å². The fraction of sp³-hybridized carbons (Fsp3) is 0.286. The Hall–Kier alpha value is -2.18. The molecule has 2 rings (SSSR count). The predicted octanol–water partition coefficient (Wildman–Crippen LogP) is 2.20.